The lowest BCUT2D eigenvalue weighted by atomic mass is 9.61. The fraction of sp³-hybridized carbons (Fsp3) is 0.696. The number of hydrogen-bond donors (Lipinski definition) is 4. The van der Waals surface area contributed by atoms with Crippen molar-refractivity contribution < 1.29 is 9.32 Å². The Labute approximate surface area is 197 Å². The molecule has 2 bridgehead atoms. The second-order valence-corrected chi connectivity index (χ2v) is 12.2. The molecule has 3 heterocycles. The quantitative estimate of drug-likeness (QED) is 0.523. The van der Waals surface area contributed by atoms with Crippen molar-refractivity contribution in [2.24, 2.45) is 17.8 Å². The van der Waals surface area contributed by atoms with Gasteiger partial charge in [-0.3, -0.25) is 9.31 Å². The summed E-state index contributed by atoms with van der Waals surface area (Å²) < 4.78 is 11.9. The second-order valence-electron chi connectivity index (χ2n) is 10.5. The molecule has 0 radical (unpaired) electrons. The molecule has 2 aromatic heterocycles. The van der Waals surface area contributed by atoms with Gasteiger partial charge in [0.2, 0.25) is 5.95 Å². The van der Waals surface area contributed by atoms with Crippen molar-refractivity contribution in [1.82, 2.24) is 20.2 Å². The monoisotopic (exact) mass is 473 g/mol. The van der Waals surface area contributed by atoms with Gasteiger partial charge >= 0.3 is 0 Å². The van der Waals surface area contributed by atoms with E-state index in [2.05, 4.69) is 32.7 Å². The van der Waals surface area contributed by atoms with Crippen molar-refractivity contribution >= 4 is 34.2 Å². The molecule has 5 atom stereocenters. The van der Waals surface area contributed by atoms with E-state index in [0.29, 0.717) is 46.8 Å². The van der Waals surface area contributed by atoms with Gasteiger partial charge in [-0.15, -0.1) is 0 Å². The van der Waals surface area contributed by atoms with Gasteiger partial charge in [-0.25, -0.2) is 0 Å². The number of aromatic nitrogens is 4. The number of aromatic amines is 1. The van der Waals surface area contributed by atoms with E-state index in [4.69, 9.17) is 9.97 Å². The molecule has 9 nitrogen and oxygen atoms in total. The number of nitrogens with one attached hydrogen (secondary N) is 3. The van der Waals surface area contributed by atoms with Crippen LogP contribution >= 0.6 is 0 Å². The van der Waals surface area contributed by atoms with E-state index in [1.807, 2.05) is 26.0 Å². The highest BCUT2D eigenvalue weighted by Crippen LogP contribution is 2.47. The maximum absolute atomic E-state index is 11.9. The normalized spacial score (nSPS) is 32.5. The molecule has 1 saturated heterocycles. The van der Waals surface area contributed by atoms with Gasteiger partial charge in [-0.1, -0.05) is 6.92 Å². The van der Waals surface area contributed by atoms with Crippen molar-refractivity contribution in [2.75, 3.05) is 40.1 Å². The van der Waals surface area contributed by atoms with E-state index >= 15 is 0 Å². The van der Waals surface area contributed by atoms with E-state index in [1.54, 1.807) is 0 Å². The fourth-order valence-electron chi connectivity index (χ4n) is 6.07. The largest absolute Gasteiger partial charge is 0.390 e. The van der Waals surface area contributed by atoms with Gasteiger partial charge in [0.15, 0.2) is 5.82 Å². The lowest BCUT2D eigenvalue weighted by Crippen LogP contribution is -2.50. The maximum atomic E-state index is 11.9. The molecule has 0 amide bonds. The van der Waals surface area contributed by atoms with Gasteiger partial charge in [-0.2, -0.15) is 15.1 Å². The smallest absolute Gasteiger partial charge is 0.226 e. The third kappa shape index (κ3) is 5.16. The van der Waals surface area contributed by atoms with E-state index in [1.165, 1.54) is 0 Å². The third-order valence-corrected chi connectivity index (χ3v) is 8.64. The van der Waals surface area contributed by atoms with Crippen LogP contribution in [-0.2, 0) is 10.8 Å². The van der Waals surface area contributed by atoms with Crippen LogP contribution in [0, 0.1) is 24.7 Å². The average molecular weight is 474 g/mol. The van der Waals surface area contributed by atoms with Crippen LogP contribution in [-0.4, -0.2) is 65.7 Å². The topological polar surface area (TPSA) is 119 Å². The van der Waals surface area contributed by atoms with Gasteiger partial charge in [0.25, 0.3) is 0 Å². The Kier molecular flexibility index (Phi) is 6.07. The minimum absolute atomic E-state index is 0.220. The number of hydrogen-bond acceptors (Lipinski definition) is 8. The number of nitrogens with zero attached hydrogens (tertiary/aromatic N) is 4. The van der Waals surface area contributed by atoms with Crippen molar-refractivity contribution in [1.29, 1.82) is 0 Å². The molecule has 4 N–H and O–H groups in total. The molecule has 0 spiro atoms. The lowest BCUT2D eigenvalue weighted by molar-refractivity contribution is -0.0502. The molecular formula is C23H35N7O2S. The second kappa shape index (κ2) is 8.87. The van der Waals surface area contributed by atoms with Crippen LogP contribution in [0.3, 0.4) is 0 Å². The molecule has 3 fully saturated rings. The van der Waals surface area contributed by atoms with Gasteiger partial charge in [0, 0.05) is 59.3 Å². The minimum atomic E-state index is -0.749. The third-order valence-electron chi connectivity index (χ3n) is 7.36. The zero-order valence-corrected chi connectivity index (χ0v) is 20.5. The van der Waals surface area contributed by atoms with Crippen LogP contribution in [0.2, 0.25) is 0 Å². The van der Waals surface area contributed by atoms with Crippen LogP contribution < -0.4 is 15.5 Å². The molecule has 3 aliphatic rings. The van der Waals surface area contributed by atoms with E-state index in [-0.39, 0.29) is 6.04 Å². The zero-order chi connectivity index (χ0) is 23.2. The summed E-state index contributed by atoms with van der Waals surface area (Å²) in [4.78, 5) is 11.8. The first kappa shape index (κ1) is 22.6. The first-order valence-corrected chi connectivity index (χ1v) is 13.5. The van der Waals surface area contributed by atoms with Gasteiger partial charge in [-0.05, 0) is 57.3 Å². The molecule has 2 aliphatic carbocycles. The van der Waals surface area contributed by atoms with Crippen molar-refractivity contribution in [3.63, 3.8) is 0 Å². The lowest BCUT2D eigenvalue weighted by Gasteiger charge is -2.49. The Bertz CT molecular complexity index is 1010. The molecule has 5 rings (SSSR count). The summed E-state index contributed by atoms with van der Waals surface area (Å²) in [5, 5.41) is 25.0. The Morgan fingerprint density at radius 3 is 2.70 bits per heavy atom. The maximum Gasteiger partial charge on any atom is 0.226 e. The van der Waals surface area contributed by atoms with Gasteiger partial charge in [0.05, 0.1) is 5.60 Å². The minimum Gasteiger partial charge on any atom is -0.390 e. The molecule has 5 unspecified atom stereocenters. The summed E-state index contributed by atoms with van der Waals surface area (Å²) in [7, 11) is -0.749. The SMILES string of the molecule is Cc1cc(Nc2cc(N3CCS(=O)CC3)nc(NC3C(C)CC4CC3CC(C)(O)C4)n2)n[nH]1. The van der Waals surface area contributed by atoms with Gasteiger partial charge in [0.1, 0.15) is 11.6 Å². The molecule has 0 aromatic carbocycles. The highest BCUT2D eigenvalue weighted by molar-refractivity contribution is 7.85. The Morgan fingerprint density at radius 1 is 1.18 bits per heavy atom. The predicted octanol–water partition coefficient (Wildman–Crippen LogP) is 2.81. The Hall–Kier alpha value is -2.20. The van der Waals surface area contributed by atoms with E-state index in [0.717, 1.165) is 50.3 Å². The number of fused-ring (bicyclic) bond motifs is 2. The van der Waals surface area contributed by atoms with Crippen LogP contribution in [0.4, 0.5) is 23.4 Å². The summed E-state index contributed by atoms with van der Waals surface area (Å²) in [6.45, 7) is 7.67. The number of H-pyrrole nitrogens is 1. The van der Waals surface area contributed by atoms with Crippen molar-refractivity contribution in [2.45, 2.75) is 58.1 Å². The highest BCUT2D eigenvalue weighted by Gasteiger charge is 2.45. The number of aliphatic hydroxyl groups is 1. The molecular weight excluding hydrogens is 438 g/mol. The molecule has 180 valence electrons. The Morgan fingerprint density at radius 2 is 1.97 bits per heavy atom. The molecule has 33 heavy (non-hydrogen) atoms. The predicted molar refractivity (Wildman–Crippen MR) is 131 cm³/mol. The summed E-state index contributed by atoms with van der Waals surface area (Å²) >= 11 is 0. The van der Waals surface area contributed by atoms with E-state index in [9.17, 15) is 9.32 Å². The zero-order valence-electron chi connectivity index (χ0n) is 19.7. The van der Waals surface area contributed by atoms with Crippen LogP contribution in [0.25, 0.3) is 0 Å². The fourth-order valence-corrected chi connectivity index (χ4v) is 7.12. The molecule has 2 saturated carbocycles. The number of rotatable bonds is 5. The van der Waals surface area contributed by atoms with Crippen molar-refractivity contribution in [3.8, 4) is 0 Å². The molecule has 1 aliphatic heterocycles. The summed E-state index contributed by atoms with van der Waals surface area (Å²) in [6, 6.07) is 4.10. The molecule has 10 heteroatoms. The molecule has 2 aromatic rings. The summed E-state index contributed by atoms with van der Waals surface area (Å²) in [6.07, 6.45) is 3.97. The summed E-state index contributed by atoms with van der Waals surface area (Å²) in [5.41, 5.74) is 0.378. The van der Waals surface area contributed by atoms with E-state index < -0.39 is 16.4 Å². The van der Waals surface area contributed by atoms with Crippen molar-refractivity contribution in [3.05, 3.63) is 17.8 Å². The van der Waals surface area contributed by atoms with Gasteiger partial charge < -0.3 is 20.6 Å². The highest BCUT2D eigenvalue weighted by atomic mass is 32.2. The average Bonchev–Trinajstić information content (AvgIpc) is 3.14. The van der Waals surface area contributed by atoms with Crippen LogP contribution in [0.15, 0.2) is 12.1 Å². The number of anilines is 4. The van der Waals surface area contributed by atoms with Crippen LogP contribution in [0.5, 0.6) is 0 Å². The summed E-state index contributed by atoms with van der Waals surface area (Å²) in [5.74, 6) is 5.60. The standard InChI is InChI=1S/C23H35N7O2S/c1-14-8-16-10-17(13-23(3,31)12-16)21(14)27-22-25-18(24-19-9-15(2)28-29-19)11-20(26-22)30-4-6-33(32)7-5-30/h9,11,14,16-17,21,31H,4-8,10,12-13H2,1-3H3,(H3,24,25,26,27,28,29). The number of aryl methyl sites for hydroxylation is 1. The first-order valence-electron chi connectivity index (χ1n) is 12.0. The first-order chi connectivity index (χ1) is 15.7. The Balaban J connectivity index is 1.42. The van der Waals surface area contributed by atoms with Crippen LogP contribution in [0.1, 0.15) is 45.2 Å².